The third-order valence-electron chi connectivity index (χ3n) is 6.98. The maximum atomic E-state index is 13.2. The molecule has 0 radical (unpaired) electrons. The Labute approximate surface area is 234 Å². The fourth-order valence-corrected chi connectivity index (χ4v) is 6.10. The zero-order valence-electron chi connectivity index (χ0n) is 23.2. The highest BCUT2D eigenvalue weighted by Crippen LogP contribution is 2.32. The molecule has 1 fully saturated rings. The minimum absolute atomic E-state index is 0.183. The standard InChI is InChI=1S/C28H36N4O7S/c1-27(2,3)39-26(35)31-28(11-13-38-14-12-28)25(34)30-24(33)22(29)15-18-5-7-19(8-6-18)20-9-10-23-21(16-20)17-32(4)40(23,36)37/h5-10,16,22H,11-15,17,29H2,1-4H3,(H,31,35)(H,30,33,34)/t22-/m0/s1. The number of carbonyl (C=O) groups excluding carboxylic acids is 3. The van der Waals surface area contributed by atoms with Crippen LogP contribution in [0, 0.1) is 0 Å². The maximum Gasteiger partial charge on any atom is 0.408 e. The molecule has 0 saturated carbocycles. The van der Waals surface area contributed by atoms with E-state index in [1.165, 1.54) is 4.31 Å². The molecule has 2 aliphatic heterocycles. The Morgan fingerprint density at radius 2 is 1.70 bits per heavy atom. The summed E-state index contributed by atoms with van der Waals surface area (Å²) in [5.74, 6) is -1.31. The van der Waals surface area contributed by atoms with E-state index in [-0.39, 0.29) is 32.5 Å². The molecule has 11 nitrogen and oxygen atoms in total. The largest absolute Gasteiger partial charge is 0.444 e. The lowest BCUT2D eigenvalue weighted by atomic mass is 9.89. The van der Waals surface area contributed by atoms with E-state index < -0.39 is 45.1 Å². The van der Waals surface area contributed by atoms with Crippen LogP contribution in [0.25, 0.3) is 11.1 Å². The number of carbonyl (C=O) groups is 3. The van der Waals surface area contributed by atoms with Gasteiger partial charge in [0.15, 0.2) is 0 Å². The van der Waals surface area contributed by atoms with Crippen LogP contribution in [-0.2, 0) is 42.1 Å². The molecule has 0 spiro atoms. The zero-order chi connectivity index (χ0) is 29.3. The van der Waals surface area contributed by atoms with Gasteiger partial charge >= 0.3 is 6.09 Å². The third-order valence-corrected chi connectivity index (χ3v) is 8.88. The van der Waals surface area contributed by atoms with Crippen LogP contribution in [0.5, 0.6) is 0 Å². The quantitative estimate of drug-likeness (QED) is 0.475. The minimum Gasteiger partial charge on any atom is -0.444 e. The fraction of sp³-hybridized carbons (Fsp3) is 0.464. The van der Waals surface area contributed by atoms with Gasteiger partial charge in [0.05, 0.1) is 10.9 Å². The normalized spacial score (nSPS) is 18.8. The number of sulfonamides is 1. The van der Waals surface area contributed by atoms with Crippen molar-refractivity contribution >= 4 is 27.9 Å². The SMILES string of the molecule is CN1Cc2cc(-c3ccc(C[C@H](N)C(=O)NC(=O)C4(NC(=O)OC(C)(C)C)CCOCC4)cc3)ccc2S1(=O)=O. The lowest BCUT2D eigenvalue weighted by Gasteiger charge is -2.36. The summed E-state index contributed by atoms with van der Waals surface area (Å²) in [6.07, 6.45) is -0.194. The van der Waals surface area contributed by atoms with Gasteiger partial charge < -0.3 is 20.5 Å². The van der Waals surface area contributed by atoms with E-state index in [0.717, 1.165) is 22.3 Å². The van der Waals surface area contributed by atoms with Gasteiger partial charge in [0.1, 0.15) is 11.1 Å². The predicted molar refractivity (Wildman–Crippen MR) is 148 cm³/mol. The molecule has 4 N–H and O–H groups in total. The molecule has 0 aliphatic carbocycles. The highest BCUT2D eigenvalue weighted by molar-refractivity contribution is 7.89. The molecule has 1 atom stereocenters. The molecule has 0 aromatic heterocycles. The van der Waals surface area contributed by atoms with Crippen LogP contribution in [0.2, 0.25) is 0 Å². The van der Waals surface area contributed by atoms with Gasteiger partial charge in [-0.2, -0.15) is 4.31 Å². The number of alkyl carbamates (subject to hydrolysis) is 1. The third kappa shape index (κ3) is 6.52. The summed E-state index contributed by atoms with van der Waals surface area (Å²) >= 11 is 0. The van der Waals surface area contributed by atoms with Gasteiger partial charge in [-0.15, -0.1) is 0 Å². The van der Waals surface area contributed by atoms with Gasteiger partial charge in [0, 0.05) is 39.6 Å². The number of benzene rings is 2. The molecule has 2 aromatic carbocycles. The van der Waals surface area contributed by atoms with Crippen LogP contribution in [0.3, 0.4) is 0 Å². The van der Waals surface area contributed by atoms with Crippen LogP contribution in [-0.4, -0.2) is 68.1 Å². The molecular formula is C28H36N4O7S. The average Bonchev–Trinajstić information content (AvgIpc) is 3.10. The second-order valence-corrected chi connectivity index (χ2v) is 13.2. The summed E-state index contributed by atoms with van der Waals surface area (Å²) in [7, 11) is -1.87. The van der Waals surface area contributed by atoms with Crippen LogP contribution in [0.1, 0.15) is 44.7 Å². The molecule has 12 heteroatoms. The Morgan fingerprint density at radius 3 is 2.33 bits per heavy atom. The average molecular weight is 573 g/mol. The number of ether oxygens (including phenoxy) is 2. The molecule has 2 heterocycles. The fourth-order valence-electron chi connectivity index (χ4n) is 4.76. The van der Waals surface area contributed by atoms with Crippen LogP contribution in [0.15, 0.2) is 47.4 Å². The Morgan fingerprint density at radius 1 is 1.07 bits per heavy atom. The molecule has 4 rings (SSSR count). The first-order chi connectivity index (χ1) is 18.7. The van der Waals surface area contributed by atoms with E-state index in [4.69, 9.17) is 15.2 Å². The van der Waals surface area contributed by atoms with Crippen molar-refractivity contribution in [1.29, 1.82) is 0 Å². The van der Waals surface area contributed by atoms with Crippen molar-refractivity contribution in [3.8, 4) is 11.1 Å². The van der Waals surface area contributed by atoms with Gasteiger partial charge in [-0.1, -0.05) is 30.3 Å². The molecular weight excluding hydrogens is 536 g/mol. The van der Waals surface area contributed by atoms with E-state index in [1.807, 2.05) is 30.3 Å². The van der Waals surface area contributed by atoms with Gasteiger partial charge in [0.2, 0.25) is 15.9 Å². The molecule has 1 saturated heterocycles. The first kappa shape index (κ1) is 29.7. The number of nitrogens with zero attached hydrogens (tertiary/aromatic N) is 1. The number of hydrogen-bond donors (Lipinski definition) is 3. The van der Waals surface area contributed by atoms with E-state index in [9.17, 15) is 22.8 Å². The Bertz CT molecular complexity index is 1390. The molecule has 0 bridgehead atoms. The zero-order valence-corrected chi connectivity index (χ0v) is 24.0. The molecule has 0 unspecified atom stereocenters. The monoisotopic (exact) mass is 572 g/mol. The summed E-state index contributed by atoms with van der Waals surface area (Å²) in [5.41, 5.74) is 7.35. The summed E-state index contributed by atoms with van der Waals surface area (Å²) in [6.45, 7) is 5.97. The van der Waals surface area contributed by atoms with Crippen LogP contribution in [0.4, 0.5) is 4.79 Å². The molecule has 40 heavy (non-hydrogen) atoms. The van der Waals surface area contributed by atoms with Crippen molar-refractivity contribution in [2.75, 3.05) is 20.3 Å². The lowest BCUT2D eigenvalue weighted by molar-refractivity contribution is -0.138. The van der Waals surface area contributed by atoms with E-state index >= 15 is 0 Å². The van der Waals surface area contributed by atoms with E-state index in [2.05, 4.69) is 10.6 Å². The highest BCUT2D eigenvalue weighted by Gasteiger charge is 2.43. The van der Waals surface area contributed by atoms with Crippen LogP contribution < -0.4 is 16.4 Å². The van der Waals surface area contributed by atoms with E-state index in [0.29, 0.717) is 11.4 Å². The van der Waals surface area contributed by atoms with E-state index in [1.54, 1.807) is 40.0 Å². The van der Waals surface area contributed by atoms with Crippen molar-refractivity contribution in [2.24, 2.45) is 5.73 Å². The first-order valence-corrected chi connectivity index (χ1v) is 14.5. The number of amides is 3. The van der Waals surface area contributed by atoms with Crippen molar-refractivity contribution in [3.05, 3.63) is 53.6 Å². The van der Waals surface area contributed by atoms with Crippen molar-refractivity contribution in [3.63, 3.8) is 0 Å². The van der Waals surface area contributed by atoms with Gasteiger partial charge in [-0.05, 0) is 61.6 Å². The second-order valence-electron chi connectivity index (χ2n) is 11.2. The number of imide groups is 1. The summed E-state index contributed by atoms with van der Waals surface area (Å²) in [5, 5.41) is 5.01. The lowest BCUT2D eigenvalue weighted by Crippen LogP contribution is -2.63. The number of nitrogens with two attached hydrogens (primary N) is 1. The van der Waals surface area contributed by atoms with Crippen molar-refractivity contribution in [2.45, 2.75) is 68.7 Å². The molecule has 3 amide bonds. The number of nitrogens with one attached hydrogen (secondary N) is 2. The topological polar surface area (TPSA) is 157 Å². The van der Waals surface area contributed by atoms with Crippen LogP contribution >= 0.6 is 0 Å². The predicted octanol–water partition coefficient (Wildman–Crippen LogP) is 2.07. The Hall–Kier alpha value is -3.32. The summed E-state index contributed by atoms with van der Waals surface area (Å²) in [6, 6.07) is 11.7. The van der Waals surface area contributed by atoms with Gasteiger partial charge in [-0.3, -0.25) is 14.9 Å². The van der Waals surface area contributed by atoms with Crippen molar-refractivity contribution in [1.82, 2.24) is 14.9 Å². The minimum atomic E-state index is -3.42. The molecule has 2 aromatic rings. The smallest absolute Gasteiger partial charge is 0.408 e. The van der Waals surface area contributed by atoms with Gasteiger partial charge in [-0.25, -0.2) is 13.2 Å². The highest BCUT2D eigenvalue weighted by atomic mass is 32.2. The summed E-state index contributed by atoms with van der Waals surface area (Å²) in [4.78, 5) is 38.8. The van der Waals surface area contributed by atoms with Gasteiger partial charge in [0.25, 0.3) is 5.91 Å². The van der Waals surface area contributed by atoms with Crippen molar-refractivity contribution < 1.29 is 32.3 Å². The number of hydrogen-bond acceptors (Lipinski definition) is 8. The first-order valence-electron chi connectivity index (χ1n) is 13.1. The number of fused-ring (bicyclic) bond motifs is 1. The number of rotatable bonds is 6. The second kappa shape index (κ2) is 11.3. The molecule has 216 valence electrons. The Kier molecular flexibility index (Phi) is 8.36. The summed E-state index contributed by atoms with van der Waals surface area (Å²) < 4.78 is 36.7. The Balaban J connectivity index is 1.39. The maximum absolute atomic E-state index is 13.2. The molecule has 2 aliphatic rings.